The molecule has 3 heteroatoms. The number of anilines is 2. The van der Waals surface area contributed by atoms with Crippen LogP contribution in [0.5, 0.6) is 0 Å². The van der Waals surface area contributed by atoms with E-state index in [1.165, 1.54) is 0 Å². The number of hydrogen-bond donors (Lipinski definition) is 2. The van der Waals surface area contributed by atoms with Crippen LogP contribution in [-0.2, 0) is 19.5 Å². The third-order valence-corrected chi connectivity index (χ3v) is 0.996. The summed E-state index contributed by atoms with van der Waals surface area (Å²) in [7, 11) is 0. The number of nitrogen functional groups attached to an aromatic ring is 2. The SMILES string of the molecule is Nc1ccccc1N.[Zn]. The zero-order valence-electron chi connectivity index (χ0n) is 5.17. The molecule has 0 aliphatic rings. The van der Waals surface area contributed by atoms with E-state index in [0.29, 0.717) is 11.4 Å². The number of benzene rings is 1. The molecule has 4 N–H and O–H groups in total. The van der Waals surface area contributed by atoms with Gasteiger partial charge in [0.15, 0.2) is 0 Å². The molecule has 0 radical (unpaired) electrons. The smallest absolute Gasteiger partial charge is 0.0547 e. The molecular weight excluding hydrogens is 165 g/mol. The van der Waals surface area contributed by atoms with Gasteiger partial charge in [0.05, 0.1) is 11.4 Å². The first-order chi connectivity index (χ1) is 3.80. The standard InChI is InChI=1S/C6H8N2.Zn/c7-5-3-1-2-4-6(5)8;/h1-4H,7-8H2;. The molecule has 1 aromatic carbocycles. The van der Waals surface area contributed by atoms with Gasteiger partial charge in [0.2, 0.25) is 0 Å². The second-order valence-electron chi connectivity index (χ2n) is 1.63. The summed E-state index contributed by atoms with van der Waals surface area (Å²) in [6.45, 7) is 0. The summed E-state index contributed by atoms with van der Waals surface area (Å²) in [5.74, 6) is 0. The molecule has 0 fully saturated rings. The van der Waals surface area contributed by atoms with E-state index in [-0.39, 0.29) is 19.5 Å². The summed E-state index contributed by atoms with van der Waals surface area (Å²) in [5.41, 5.74) is 12.1. The van der Waals surface area contributed by atoms with Crippen molar-refractivity contribution in [3.05, 3.63) is 24.3 Å². The van der Waals surface area contributed by atoms with Gasteiger partial charge in [-0.05, 0) is 12.1 Å². The Balaban J connectivity index is 0.000000640. The fraction of sp³-hybridized carbons (Fsp3) is 0. The number of para-hydroxylation sites is 2. The van der Waals surface area contributed by atoms with Crippen LogP contribution in [0, 0.1) is 0 Å². The molecule has 44 valence electrons. The average molecular weight is 174 g/mol. The van der Waals surface area contributed by atoms with Crippen LogP contribution in [0.1, 0.15) is 0 Å². The van der Waals surface area contributed by atoms with Crippen LogP contribution < -0.4 is 11.5 Å². The van der Waals surface area contributed by atoms with Gasteiger partial charge in [0.25, 0.3) is 0 Å². The van der Waals surface area contributed by atoms with Gasteiger partial charge >= 0.3 is 0 Å². The first-order valence-corrected chi connectivity index (χ1v) is 2.40. The van der Waals surface area contributed by atoms with Crippen molar-refractivity contribution in [2.75, 3.05) is 11.5 Å². The van der Waals surface area contributed by atoms with Crippen molar-refractivity contribution >= 4 is 11.4 Å². The second kappa shape index (κ2) is 3.47. The third kappa shape index (κ3) is 2.02. The predicted molar refractivity (Wildman–Crippen MR) is 35.3 cm³/mol. The molecule has 2 nitrogen and oxygen atoms in total. The van der Waals surface area contributed by atoms with E-state index in [2.05, 4.69) is 0 Å². The quantitative estimate of drug-likeness (QED) is 0.451. The number of hydrogen-bond acceptors (Lipinski definition) is 2. The van der Waals surface area contributed by atoms with E-state index < -0.39 is 0 Å². The molecule has 1 aromatic rings. The molecule has 0 aliphatic carbocycles. The van der Waals surface area contributed by atoms with Crippen LogP contribution in [0.4, 0.5) is 11.4 Å². The Kier molecular flexibility index (Phi) is 3.25. The summed E-state index contributed by atoms with van der Waals surface area (Å²) in [6.07, 6.45) is 0. The Morgan fingerprint density at radius 1 is 0.889 bits per heavy atom. The molecule has 0 amide bonds. The van der Waals surface area contributed by atoms with Gasteiger partial charge in [0.1, 0.15) is 0 Å². The Bertz CT molecular complexity index is 167. The van der Waals surface area contributed by atoms with Crippen molar-refractivity contribution in [1.29, 1.82) is 0 Å². The van der Waals surface area contributed by atoms with Gasteiger partial charge in [-0.15, -0.1) is 0 Å². The van der Waals surface area contributed by atoms with Crippen LogP contribution in [0.3, 0.4) is 0 Å². The molecule has 0 unspecified atom stereocenters. The first kappa shape index (κ1) is 8.44. The summed E-state index contributed by atoms with van der Waals surface area (Å²) in [5, 5.41) is 0. The minimum Gasteiger partial charge on any atom is -0.397 e. The fourth-order valence-electron chi connectivity index (χ4n) is 0.511. The maximum Gasteiger partial charge on any atom is 0.0547 e. The van der Waals surface area contributed by atoms with E-state index in [4.69, 9.17) is 11.5 Å². The largest absolute Gasteiger partial charge is 0.397 e. The monoisotopic (exact) mass is 172 g/mol. The second-order valence-corrected chi connectivity index (χ2v) is 1.63. The Morgan fingerprint density at radius 3 is 1.44 bits per heavy atom. The van der Waals surface area contributed by atoms with Crippen molar-refractivity contribution < 1.29 is 19.5 Å². The first-order valence-electron chi connectivity index (χ1n) is 2.40. The van der Waals surface area contributed by atoms with Crippen molar-refractivity contribution in [1.82, 2.24) is 0 Å². The van der Waals surface area contributed by atoms with E-state index in [9.17, 15) is 0 Å². The van der Waals surface area contributed by atoms with Crippen LogP contribution >= 0.6 is 0 Å². The van der Waals surface area contributed by atoms with Gasteiger partial charge in [-0.3, -0.25) is 0 Å². The molecule has 0 saturated heterocycles. The van der Waals surface area contributed by atoms with Crippen molar-refractivity contribution in [2.45, 2.75) is 0 Å². The van der Waals surface area contributed by atoms with Crippen molar-refractivity contribution in [3.8, 4) is 0 Å². The van der Waals surface area contributed by atoms with Crippen molar-refractivity contribution in [2.24, 2.45) is 0 Å². The molecule has 9 heavy (non-hydrogen) atoms. The Labute approximate surface area is 67.0 Å². The van der Waals surface area contributed by atoms with Crippen LogP contribution in [-0.4, -0.2) is 0 Å². The molecule has 0 saturated carbocycles. The van der Waals surface area contributed by atoms with Crippen LogP contribution in [0.15, 0.2) is 24.3 Å². The van der Waals surface area contributed by atoms with E-state index in [1.54, 1.807) is 12.1 Å². The number of rotatable bonds is 0. The normalized spacial score (nSPS) is 8.00. The molecule has 0 bridgehead atoms. The Morgan fingerprint density at radius 2 is 1.22 bits per heavy atom. The van der Waals surface area contributed by atoms with Gasteiger partial charge in [-0.25, -0.2) is 0 Å². The van der Waals surface area contributed by atoms with Gasteiger partial charge in [0, 0.05) is 19.5 Å². The fourth-order valence-corrected chi connectivity index (χ4v) is 0.511. The zero-order chi connectivity index (χ0) is 5.98. The predicted octanol–water partition coefficient (Wildman–Crippen LogP) is 0.849. The average Bonchev–Trinajstić information content (AvgIpc) is 1.77. The van der Waals surface area contributed by atoms with Gasteiger partial charge in [-0.2, -0.15) is 0 Å². The molecule has 0 spiro atoms. The maximum absolute atomic E-state index is 5.39. The molecule has 1 rings (SSSR count). The molecule has 0 aliphatic heterocycles. The minimum atomic E-state index is 0. The summed E-state index contributed by atoms with van der Waals surface area (Å²) >= 11 is 0. The van der Waals surface area contributed by atoms with E-state index in [0.717, 1.165) is 0 Å². The molecule has 0 heterocycles. The summed E-state index contributed by atoms with van der Waals surface area (Å²) in [6, 6.07) is 7.25. The van der Waals surface area contributed by atoms with Gasteiger partial charge in [-0.1, -0.05) is 12.1 Å². The van der Waals surface area contributed by atoms with E-state index in [1.807, 2.05) is 12.1 Å². The van der Waals surface area contributed by atoms with Crippen LogP contribution in [0.25, 0.3) is 0 Å². The van der Waals surface area contributed by atoms with Crippen LogP contribution in [0.2, 0.25) is 0 Å². The van der Waals surface area contributed by atoms with E-state index >= 15 is 0 Å². The summed E-state index contributed by atoms with van der Waals surface area (Å²) in [4.78, 5) is 0. The van der Waals surface area contributed by atoms with Gasteiger partial charge < -0.3 is 11.5 Å². The Hall–Kier alpha value is -0.557. The third-order valence-electron chi connectivity index (χ3n) is 0.996. The maximum atomic E-state index is 5.39. The minimum absolute atomic E-state index is 0. The molecule has 0 aromatic heterocycles. The number of nitrogens with two attached hydrogens (primary N) is 2. The molecular formula is C6H8N2Zn. The van der Waals surface area contributed by atoms with Crippen molar-refractivity contribution in [3.63, 3.8) is 0 Å². The zero-order valence-corrected chi connectivity index (χ0v) is 8.14. The summed E-state index contributed by atoms with van der Waals surface area (Å²) < 4.78 is 0. The topological polar surface area (TPSA) is 52.0 Å². The molecule has 0 atom stereocenters.